The van der Waals surface area contributed by atoms with Gasteiger partial charge in [0, 0.05) is 32.2 Å². The second-order valence-corrected chi connectivity index (χ2v) is 5.36. The molecule has 0 amide bonds. The van der Waals surface area contributed by atoms with Crippen LogP contribution in [-0.2, 0) is 0 Å². The minimum atomic E-state index is -0.907. The Bertz CT molecular complexity index is 491. The zero-order chi connectivity index (χ0) is 13.4. The van der Waals surface area contributed by atoms with Gasteiger partial charge >= 0.3 is 5.97 Å². The Morgan fingerprint density at radius 2 is 1.95 bits per heavy atom. The van der Waals surface area contributed by atoms with Crippen LogP contribution in [0.15, 0.2) is 12.1 Å². The molecule has 0 aromatic carbocycles. The first kappa shape index (κ1) is 12.4. The van der Waals surface area contributed by atoms with Crippen LogP contribution in [0.5, 0.6) is 0 Å². The van der Waals surface area contributed by atoms with Crippen LogP contribution in [0.1, 0.15) is 28.9 Å². The van der Waals surface area contributed by atoms with E-state index < -0.39 is 5.97 Å². The summed E-state index contributed by atoms with van der Waals surface area (Å²) < 4.78 is 0. The van der Waals surface area contributed by atoms with Gasteiger partial charge in [0.2, 0.25) is 0 Å². The highest BCUT2D eigenvalue weighted by Crippen LogP contribution is 2.28. The van der Waals surface area contributed by atoms with Crippen LogP contribution in [0.3, 0.4) is 0 Å². The van der Waals surface area contributed by atoms with Gasteiger partial charge < -0.3 is 10.0 Å². The number of anilines is 1. The highest BCUT2D eigenvalue weighted by Gasteiger charge is 2.31. The minimum Gasteiger partial charge on any atom is -0.478 e. The van der Waals surface area contributed by atoms with Gasteiger partial charge in [-0.1, -0.05) is 0 Å². The third-order valence-electron chi connectivity index (χ3n) is 4.00. The first-order valence-electron chi connectivity index (χ1n) is 6.85. The maximum Gasteiger partial charge on any atom is 0.337 e. The Labute approximate surface area is 112 Å². The average Bonchev–Trinajstić information content (AvgIpc) is 3.22. The second kappa shape index (κ2) is 4.81. The molecule has 0 radical (unpaired) electrons. The number of piperazine rings is 1. The molecule has 1 aromatic rings. The van der Waals surface area contributed by atoms with E-state index in [1.165, 1.54) is 12.8 Å². The molecule has 2 fully saturated rings. The Morgan fingerprint density at radius 1 is 1.26 bits per heavy atom. The Morgan fingerprint density at radius 3 is 2.47 bits per heavy atom. The summed E-state index contributed by atoms with van der Waals surface area (Å²) >= 11 is 0. The number of aromatic carboxylic acids is 1. The fourth-order valence-corrected chi connectivity index (χ4v) is 2.71. The monoisotopic (exact) mass is 261 g/mol. The highest BCUT2D eigenvalue weighted by atomic mass is 16.4. The molecule has 5 nitrogen and oxygen atoms in total. The van der Waals surface area contributed by atoms with Crippen molar-refractivity contribution in [2.24, 2.45) is 0 Å². The molecule has 1 saturated heterocycles. The van der Waals surface area contributed by atoms with Crippen molar-refractivity contribution >= 4 is 11.8 Å². The van der Waals surface area contributed by atoms with E-state index in [-0.39, 0.29) is 0 Å². The van der Waals surface area contributed by atoms with Crippen molar-refractivity contribution in [3.8, 4) is 0 Å². The molecule has 2 aliphatic rings. The van der Waals surface area contributed by atoms with Gasteiger partial charge in [-0.25, -0.2) is 9.78 Å². The van der Waals surface area contributed by atoms with E-state index in [1.807, 2.05) is 6.07 Å². The van der Waals surface area contributed by atoms with E-state index in [0.717, 1.165) is 38.0 Å². The molecule has 0 spiro atoms. The number of carboxylic acids is 1. The molecule has 5 heteroatoms. The molecule has 1 aliphatic carbocycles. The standard InChI is InChI=1S/C14H19N3O2/c1-10-12(14(18)19)4-5-13(15-10)17-8-6-16(7-9-17)11-2-3-11/h4-5,11H,2-3,6-9H2,1H3,(H,18,19). The van der Waals surface area contributed by atoms with Crippen LogP contribution in [0.2, 0.25) is 0 Å². The van der Waals surface area contributed by atoms with E-state index in [4.69, 9.17) is 5.11 Å². The fraction of sp³-hybridized carbons (Fsp3) is 0.571. The van der Waals surface area contributed by atoms with E-state index in [0.29, 0.717) is 11.3 Å². The van der Waals surface area contributed by atoms with Crippen molar-refractivity contribution < 1.29 is 9.90 Å². The predicted octanol–water partition coefficient (Wildman–Crippen LogP) is 1.37. The Kier molecular flexibility index (Phi) is 3.14. The van der Waals surface area contributed by atoms with Crippen molar-refractivity contribution in [1.82, 2.24) is 9.88 Å². The van der Waals surface area contributed by atoms with Crippen molar-refractivity contribution in [2.75, 3.05) is 31.1 Å². The molecule has 3 rings (SSSR count). The smallest absolute Gasteiger partial charge is 0.337 e. The molecule has 102 valence electrons. The van der Waals surface area contributed by atoms with Crippen LogP contribution >= 0.6 is 0 Å². The van der Waals surface area contributed by atoms with Gasteiger partial charge in [0.25, 0.3) is 0 Å². The summed E-state index contributed by atoms with van der Waals surface area (Å²) in [5.74, 6) is -0.00644. The minimum absolute atomic E-state index is 0.292. The largest absolute Gasteiger partial charge is 0.478 e. The maximum atomic E-state index is 11.0. The first-order chi connectivity index (χ1) is 9.15. The van der Waals surface area contributed by atoms with Gasteiger partial charge in [0.05, 0.1) is 11.3 Å². The quantitative estimate of drug-likeness (QED) is 0.890. The van der Waals surface area contributed by atoms with Crippen molar-refractivity contribution in [3.05, 3.63) is 23.4 Å². The molecule has 1 aromatic heterocycles. The van der Waals surface area contributed by atoms with Crippen molar-refractivity contribution in [2.45, 2.75) is 25.8 Å². The number of aromatic nitrogens is 1. The molecule has 0 bridgehead atoms. The third kappa shape index (κ3) is 2.56. The van der Waals surface area contributed by atoms with E-state index >= 15 is 0 Å². The average molecular weight is 261 g/mol. The SMILES string of the molecule is Cc1nc(N2CCN(C3CC3)CC2)ccc1C(=O)O. The molecular weight excluding hydrogens is 242 g/mol. The third-order valence-corrected chi connectivity index (χ3v) is 4.00. The number of pyridine rings is 1. The van der Waals surface area contributed by atoms with Gasteiger partial charge in [-0.05, 0) is 31.9 Å². The van der Waals surface area contributed by atoms with Gasteiger partial charge in [0.15, 0.2) is 0 Å². The fourth-order valence-electron chi connectivity index (χ4n) is 2.71. The van der Waals surface area contributed by atoms with Crippen LogP contribution in [0, 0.1) is 6.92 Å². The summed E-state index contributed by atoms with van der Waals surface area (Å²) in [4.78, 5) is 20.2. The van der Waals surface area contributed by atoms with Crippen molar-refractivity contribution in [1.29, 1.82) is 0 Å². The zero-order valence-electron chi connectivity index (χ0n) is 11.2. The molecule has 2 heterocycles. The number of aryl methyl sites for hydroxylation is 1. The van der Waals surface area contributed by atoms with E-state index in [9.17, 15) is 4.79 Å². The van der Waals surface area contributed by atoms with E-state index in [2.05, 4.69) is 14.8 Å². The van der Waals surface area contributed by atoms with Gasteiger partial charge in [-0.2, -0.15) is 0 Å². The van der Waals surface area contributed by atoms with Crippen LogP contribution in [0.25, 0.3) is 0 Å². The maximum absolute atomic E-state index is 11.0. The van der Waals surface area contributed by atoms with Crippen LogP contribution < -0.4 is 4.90 Å². The summed E-state index contributed by atoms with van der Waals surface area (Å²) in [6.45, 7) is 5.90. The molecule has 19 heavy (non-hydrogen) atoms. The predicted molar refractivity (Wildman–Crippen MR) is 72.7 cm³/mol. The lowest BCUT2D eigenvalue weighted by molar-refractivity contribution is 0.0695. The highest BCUT2D eigenvalue weighted by molar-refractivity contribution is 5.89. The van der Waals surface area contributed by atoms with Crippen LogP contribution in [0.4, 0.5) is 5.82 Å². The van der Waals surface area contributed by atoms with Crippen molar-refractivity contribution in [3.63, 3.8) is 0 Å². The number of hydrogen-bond donors (Lipinski definition) is 1. The first-order valence-corrected chi connectivity index (χ1v) is 6.85. The number of carbonyl (C=O) groups is 1. The Balaban J connectivity index is 1.69. The molecular formula is C14H19N3O2. The molecule has 1 aliphatic heterocycles. The summed E-state index contributed by atoms with van der Waals surface area (Å²) in [7, 11) is 0. The summed E-state index contributed by atoms with van der Waals surface area (Å²) in [5.41, 5.74) is 0.884. The van der Waals surface area contributed by atoms with Gasteiger partial charge in [0.1, 0.15) is 5.82 Å². The molecule has 0 unspecified atom stereocenters. The van der Waals surface area contributed by atoms with Crippen LogP contribution in [-0.4, -0.2) is 53.2 Å². The normalized spacial score (nSPS) is 20.6. The number of rotatable bonds is 3. The van der Waals surface area contributed by atoms with E-state index in [1.54, 1.807) is 13.0 Å². The topological polar surface area (TPSA) is 56.7 Å². The summed E-state index contributed by atoms with van der Waals surface area (Å²) in [6.07, 6.45) is 2.70. The van der Waals surface area contributed by atoms with Gasteiger partial charge in [-0.15, -0.1) is 0 Å². The summed E-state index contributed by atoms with van der Waals surface area (Å²) in [5, 5.41) is 9.01. The molecule has 1 saturated carbocycles. The zero-order valence-corrected chi connectivity index (χ0v) is 11.2. The Hall–Kier alpha value is -1.62. The number of carboxylic acid groups (broad SMARTS) is 1. The molecule has 0 atom stereocenters. The summed E-state index contributed by atoms with van der Waals surface area (Å²) in [6, 6.07) is 4.31. The number of nitrogens with zero attached hydrogens (tertiary/aromatic N) is 3. The lowest BCUT2D eigenvalue weighted by atomic mass is 10.2. The van der Waals surface area contributed by atoms with Gasteiger partial charge in [-0.3, -0.25) is 4.90 Å². The second-order valence-electron chi connectivity index (χ2n) is 5.36. The lowest BCUT2D eigenvalue weighted by Crippen LogP contribution is -2.47. The lowest BCUT2D eigenvalue weighted by Gasteiger charge is -2.35. The molecule has 1 N–H and O–H groups in total. The number of hydrogen-bond acceptors (Lipinski definition) is 4.